The first-order valence-corrected chi connectivity index (χ1v) is 17.9. The summed E-state index contributed by atoms with van der Waals surface area (Å²) in [4.78, 5) is 0. The Bertz CT molecular complexity index is 2150. The number of hydrogen-bond acceptors (Lipinski definition) is 0. The Hall–Kier alpha value is -3.81. The molecule has 1 heteroatoms. The molecule has 0 aliphatic carbocycles. The largest absolute Gasteiger partial charge is 4.00 e. The molecule has 0 amide bonds. The summed E-state index contributed by atoms with van der Waals surface area (Å²) < 4.78 is 0. The molecule has 0 spiro atoms. The minimum atomic E-state index is -0.232. The van der Waals surface area contributed by atoms with Crippen LogP contribution >= 0.6 is 0 Å². The Balaban J connectivity index is 0.00000202. The zero-order valence-electron chi connectivity index (χ0n) is 33.3. The van der Waals surface area contributed by atoms with E-state index in [1.165, 1.54) is 82.7 Å². The fourth-order valence-corrected chi connectivity index (χ4v) is 7.82. The van der Waals surface area contributed by atoms with E-state index < -0.39 is 0 Å². The maximum absolute atomic E-state index is 2.48. The number of aryl methyl sites for hydroxylation is 2. The molecule has 0 atom stereocenters. The maximum Gasteiger partial charge on any atom is 4.00 e. The number of benzene rings is 5. The van der Waals surface area contributed by atoms with Crippen LogP contribution in [0.3, 0.4) is 0 Å². The predicted octanol–water partition coefficient (Wildman–Crippen LogP) is 14.4. The third-order valence-corrected chi connectivity index (χ3v) is 10.9. The zero-order chi connectivity index (χ0) is 34.7. The quantitative estimate of drug-likeness (QED) is 0.116. The standard InChI is InChI=1S/C49H50.2CH3.Hf/c1-32-25-37(47(3,4)5)21-23-41(32)43-19-13-17-35-27-39(29-45(35)43)49(9,31-34-15-11-10-12-16-34)40-28-36-18-14-20-44(46(36)30-40)42-24-22-38(26-33(42)2)48(6,7)8;;;/h10-30H,31H2,1-9H3;2*1H3;/q-2;2*-1;+4. The molecule has 0 nitrogen and oxygen atoms in total. The van der Waals surface area contributed by atoms with E-state index in [1.807, 2.05) is 0 Å². The summed E-state index contributed by atoms with van der Waals surface area (Å²) in [7, 11) is 0. The van der Waals surface area contributed by atoms with Crippen molar-refractivity contribution in [3.8, 4) is 22.3 Å². The third kappa shape index (κ3) is 7.63. The van der Waals surface area contributed by atoms with Crippen LogP contribution in [0, 0.1) is 28.7 Å². The van der Waals surface area contributed by atoms with Gasteiger partial charge < -0.3 is 14.9 Å². The van der Waals surface area contributed by atoms with Crippen molar-refractivity contribution in [3.05, 3.63) is 181 Å². The second kappa shape index (κ2) is 15.3. The SMILES string of the molecule is Cc1cc(C(C)(C)C)ccc1-c1cccc2[cH-]c(C(C)(Cc3ccccc3)c3cc4c(-c5ccc(C(C)(C)C)cc5C)cccc4[cH-]3)cc12.[CH3-].[CH3-].[Hf+4]. The van der Waals surface area contributed by atoms with Crippen LogP contribution in [0.4, 0.5) is 0 Å². The first-order valence-electron chi connectivity index (χ1n) is 17.9. The number of rotatable bonds is 6. The van der Waals surface area contributed by atoms with Crippen molar-refractivity contribution < 1.29 is 25.8 Å². The van der Waals surface area contributed by atoms with Crippen molar-refractivity contribution >= 4 is 21.5 Å². The smallest absolute Gasteiger partial charge is 0.358 e. The van der Waals surface area contributed by atoms with E-state index in [0.717, 1.165) is 6.42 Å². The number of hydrogen-bond donors (Lipinski definition) is 0. The van der Waals surface area contributed by atoms with Gasteiger partial charge in [0.15, 0.2) is 0 Å². The first-order chi connectivity index (χ1) is 23.2. The van der Waals surface area contributed by atoms with Crippen LogP contribution in [0.5, 0.6) is 0 Å². The van der Waals surface area contributed by atoms with Crippen LogP contribution in [0.15, 0.2) is 127 Å². The molecule has 0 aromatic heterocycles. The van der Waals surface area contributed by atoms with Gasteiger partial charge in [0.2, 0.25) is 0 Å². The molecular formula is C51H56Hf. The van der Waals surface area contributed by atoms with Gasteiger partial charge in [0, 0.05) is 0 Å². The summed E-state index contributed by atoms with van der Waals surface area (Å²) in [6.45, 7) is 20.7. The molecule has 0 saturated heterocycles. The van der Waals surface area contributed by atoms with E-state index in [2.05, 4.69) is 190 Å². The van der Waals surface area contributed by atoms with E-state index in [1.54, 1.807) is 0 Å². The van der Waals surface area contributed by atoms with Gasteiger partial charge in [-0.05, 0) is 75.5 Å². The molecule has 0 aliphatic heterocycles. The van der Waals surface area contributed by atoms with E-state index in [4.69, 9.17) is 0 Å². The van der Waals surface area contributed by atoms with Gasteiger partial charge in [0.05, 0.1) is 0 Å². The minimum Gasteiger partial charge on any atom is -0.358 e. The van der Waals surface area contributed by atoms with Gasteiger partial charge in [-0.15, -0.1) is 69.1 Å². The van der Waals surface area contributed by atoms with Gasteiger partial charge in [-0.3, -0.25) is 0 Å². The van der Waals surface area contributed by atoms with Crippen molar-refractivity contribution in [2.24, 2.45) is 0 Å². The number of fused-ring (bicyclic) bond motifs is 2. The van der Waals surface area contributed by atoms with Crippen LogP contribution in [-0.2, 0) is 48.5 Å². The van der Waals surface area contributed by atoms with Gasteiger partial charge in [-0.1, -0.05) is 138 Å². The van der Waals surface area contributed by atoms with Gasteiger partial charge >= 0.3 is 25.8 Å². The van der Waals surface area contributed by atoms with Crippen molar-refractivity contribution in [1.29, 1.82) is 0 Å². The summed E-state index contributed by atoms with van der Waals surface area (Å²) in [6.07, 6.45) is 0.920. The van der Waals surface area contributed by atoms with Crippen LogP contribution < -0.4 is 0 Å². The second-order valence-electron chi connectivity index (χ2n) is 16.7. The summed E-state index contributed by atoms with van der Waals surface area (Å²) in [5.74, 6) is 0. The van der Waals surface area contributed by atoms with Crippen LogP contribution in [0.25, 0.3) is 43.8 Å². The van der Waals surface area contributed by atoms with E-state index >= 15 is 0 Å². The summed E-state index contributed by atoms with van der Waals surface area (Å²) in [6, 6.07) is 48.6. The summed E-state index contributed by atoms with van der Waals surface area (Å²) >= 11 is 0. The molecule has 0 aliphatic rings. The maximum atomic E-state index is 2.48. The molecule has 0 unspecified atom stereocenters. The van der Waals surface area contributed by atoms with Crippen molar-refractivity contribution in [1.82, 2.24) is 0 Å². The molecule has 7 rings (SSSR count). The molecule has 0 saturated carbocycles. The van der Waals surface area contributed by atoms with Gasteiger partial charge in [-0.25, -0.2) is 0 Å². The monoisotopic (exact) mass is 848 g/mol. The minimum absolute atomic E-state index is 0. The first kappa shape index (κ1) is 41.0. The Morgan fingerprint density at radius 2 is 0.885 bits per heavy atom. The van der Waals surface area contributed by atoms with Crippen molar-refractivity contribution in [2.45, 2.75) is 85.0 Å². The summed E-state index contributed by atoms with van der Waals surface area (Å²) in [5.41, 5.74) is 14.8. The molecule has 264 valence electrons. The third-order valence-electron chi connectivity index (χ3n) is 10.9. The van der Waals surface area contributed by atoms with Crippen LogP contribution in [0.1, 0.15) is 87.4 Å². The average molecular weight is 847 g/mol. The molecule has 0 heterocycles. The van der Waals surface area contributed by atoms with Gasteiger partial charge in [-0.2, -0.15) is 12.1 Å². The molecule has 52 heavy (non-hydrogen) atoms. The Morgan fingerprint density at radius 3 is 1.27 bits per heavy atom. The van der Waals surface area contributed by atoms with E-state index in [-0.39, 0.29) is 56.9 Å². The topological polar surface area (TPSA) is 0 Å². The fraction of sp³-hybridized carbons (Fsp3) is 0.255. The van der Waals surface area contributed by atoms with E-state index in [0.29, 0.717) is 0 Å². The second-order valence-corrected chi connectivity index (χ2v) is 16.7. The van der Waals surface area contributed by atoms with Gasteiger partial charge in [0.25, 0.3) is 0 Å². The molecule has 0 fully saturated rings. The average Bonchev–Trinajstić information content (AvgIpc) is 3.70. The predicted molar refractivity (Wildman–Crippen MR) is 226 cm³/mol. The molecule has 0 N–H and O–H groups in total. The van der Waals surface area contributed by atoms with Gasteiger partial charge in [0.1, 0.15) is 0 Å². The fourth-order valence-electron chi connectivity index (χ4n) is 7.82. The molecular weight excluding hydrogens is 791 g/mol. The normalized spacial score (nSPS) is 11.9. The van der Waals surface area contributed by atoms with Crippen molar-refractivity contribution in [2.75, 3.05) is 0 Å². The Labute approximate surface area is 333 Å². The zero-order valence-corrected chi connectivity index (χ0v) is 36.9. The molecule has 7 aromatic carbocycles. The van der Waals surface area contributed by atoms with Crippen molar-refractivity contribution in [3.63, 3.8) is 0 Å². The van der Waals surface area contributed by atoms with Crippen LogP contribution in [0.2, 0.25) is 0 Å². The molecule has 0 bridgehead atoms. The Morgan fingerprint density at radius 1 is 0.462 bits per heavy atom. The Kier molecular flexibility index (Phi) is 12.0. The molecule has 0 radical (unpaired) electrons. The molecule has 7 aromatic rings. The van der Waals surface area contributed by atoms with E-state index in [9.17, 15) is 0 Å². The summed E-state index contributed by atoms with van der Waals surface area (Å²) in [5, 5.41) is 5.26. The van der Waals surface area contributed by atoms with Crippen LogP contribution in [-0.4, -0.2) is 0 Å².